The van der Waals surface area contributed by atoms with E-state index in [1.54, 1.807) is 0 Å². The Morgan fingerprint density at radius 2 is 2.12 bits per heavy atom. The van der Waals surface area contributed by atoms with Crippen molar-refractivity contribution in [2.24, 2.45) is 5.92 Å². The molecule has 0 aromatic carbocycles. The van der Waals surface area contributed by atoms with Gasteiger partial charge >= 0.3 is 0 Å². The first-order chi connectivity index (χ1) is 7.30. The highest BCUT2D eigenvalue weighted by Crippen LogP contribution is 2.24. The van der Waals surface area contributed by atoms with Gasteiger partial charge in [-0.1, -0.05) is 0 Å². The molecule has 2 N–H and O–H groups in total. The van der Waals surface area contributed by atoms with E-state index in [4.69, 9.17) is 0 Å². The lowest BCUT2D eigenvalue weighted by atomic mass is 10.1. The number of amides is 1. The maximum atomic E-state index is 11.5. The van der Waals surface area contributed by atoms with Crippen molar-refractivity contribution in [2.75, 3.05) is 12.8 Å². The van der Waals surface area contributed by atoms with Crippen LogP contribution in [-0.4, -0.2) is 43.6 Å². The molecule has 94 valence electrons. The Hall–Kier alpha value is -0.620. The fraction of sp³-hybridized carbons (Fsp3) is 0.900. The number of carbonyl (C=O) groups is 1. The van der Waals surface area contributed by atoms with E-state index in [0.717, 1.165) is 19.1 Å². The fourth-order valence-electron chi connectivity index (χ4n) is 1.82. The molecule has 1 amide bonds. The van der Waals surface area contributed by atoms with E-state index in [1.165, 1.54) is 6.92 Å². The second kappa shape index (κ2) is 5.14. The van der Waals surface area contributed by atoms with Crippen molar-refractivity contribution < 1.29 is 18.3 Å². The zero-order valence-electron chi connectivity index (χ0n) is 9.64. The van der Waals surface area contributed by atoms with Crippen molar-refractivity contribution in [3.63, 3.8) is 0 Å². The van der Waals surface area contributed by atoms with Gasteiger partial charge in [0.25, 0.3) is 0 Å². The Balaban J connectivity index is 2.36. The largest absolute Gasteiger partial charge is 0.393 e. The number of nitrogens with one attached hydrogen (secondary N) is 1. The summed E-state index contributed by atoms with van der Waals surface area (Å²) in [7, 11) is -3.32. The van der Waals surface area contributed by atoms with Crippen LogP contribution in [-0.2, 0) is 14.6 Å². The van der Waals surface area contributed by atoms with Crippen molar-refractivity contribution in [1.82, 2.24) is 5.32 Å². The number of hydrogen-bond donors (Lipinski definition) is 2. The number of sulfone groups is 1. The van der Waals surface area contributed by atoms with E-state index in [0.29, 0.717) is 13.0 Å². The molecule has 0 bridgehead atoms. The molecule has 0 radical (unpaired) electrons. The summed E-state index contributed by atoms with van der Waals surface area (Å²) in [6, 6.07) is 0. The van der Waals surface area contributed by atoms with Crippen LogP contribution in [0, 0.1) is 5.92 Å². The molecular formula is C10H19NO4S. The van der Waals surface area contributed by atoms with Crippen LogP contribution in [0.1, 0.15) is 26.2 Å². The van der Waals surface area contributed by atoms with Crippen LogP contribution >= 0.6 is 0 Å². The van der Waals surface area contributed by atoms with Crippen LogP contribution in [0.5, 0.6) is 0 Å². The Kier molecular flexibility index (Phi) is 4.32. The Morgan fingerprint density at radius 3 is 2.56 bits per heavy atom. The predicted octanol–water partition coefficient (Wildman–Crippen LogP) is -0.303. The van der Waals surface area contributed by atoms with E-state index in [-0.39, 0.29) is 12.0 Å². The second-order valence-electron chi connectivity index (χ2n) is 4.55. The minimum absolute atomic E-state index is 0.269. The van der Waals surface area contributed by atoms with Gasteiger partial charge in [0.2, 0.25) is 5.91 Å². The van der Waals surface area contributed by atoms with Crippen LogP contribution in [0.25, 0.3) is 0 Å². The molecule has 0 aliphatic heterocycles. The minimum Gasteiger partial charge on any atom is -0.393 e. The molecule has 0 saturated heterocycles. The highest BCUT2D eigenvalue weighted by molar-refractivity contribution is 7.92. The van der Waals surface area contributed by atoms with Crippen LogP contribution in [0.2, 0.25) is 0 Å². The molecule has 3 unspecified atom stereocenters. The van der Waals surface area contributed by atoms with E-state index >= 15 is 0 Å². The average Bonchev–Trinajstić information content (AvgIpc) is 2.58. The van der Waals surface area contributed by atoms with Crippen LogP contribution in [0.3, 0.4) is 0 Å². The summed E-state index contributed by atoms with van der Waals surface area (Å²) in [6.45, 7) is 1.84. The van der Waals surface area contributed by atoms with Gasteiger partial charge < -0.3 is 10.4 Å². The third kappa shape index (κ3) is 3.75. The van der Waals surface area contributed by atoms with Gasteiger partial charge in [-0.15, -0.1) is 0 Å². The van der Waals surface area contributed by atoms with Gasteiger partial charge in [0.1, 0.15) is 5.25 Å². The van der Waals surface area contributed by atoms with E-state index in [2.05, 4.69) is 5.32 Å². The average molecular weight is 249 g/mol. The van der Waals surface area contributed by atoms with E-state index in [9.17, 15) is 18.3 Å². The smallest absolute Gasteiger partial charge is 0.238 e. The van der Waals surface area contributed by atoms with Crippen molar-refractivity contribution in [3.05, 3.63) is 0 Å². The monoisotopic (exact) mass is 249 g/mol. The zero-order valence-corrected chi connectivity index (χ0v) is 10.5. The minimum atomic E-state index is -3.32. The first kappa shape index (κ1) is 13.4. The Bertz CT molecular complexity index is 352. The number of rotatable bonds is 4. The van der Waals surface area contributed by atoms with Crippen molar-refractivity contribution in [3.8, 4) is 0 Å². The van der Waals surface area contributed by atoms with Gasteiger partial charge in [-0.2, -0.15) is 0 Å². The topological polar surface area (TPSA) is 83.5 Å². The van der Waals surface area contributed by atoms with Gasteiger partial charge in [0.15, 0.2) is 9.84 Å². The summed E-state index contributed by atoms with van der Waals surface area (Å²) in [5.74, 6) is -0.186. The van der Waals surface area contributed by atoms with Crippen molar-refractivity contribution in [2.45, 2.75) is 37.5 Å². The molecular weight excluding hydrogens is 230 g/mol. The van der Waals surface area contributed by atoms with Gasteiger partial charge in [-0.25, -0.2) is 8.42 Å². The summed E-state index contributed by atoms with van der Waals surface area (Å²) >= 11 is 0. The maximum Gasteiger partial charge on any atom is 0.238 e. The summed E-state index contributed by atoms with van der Waals surface area (Å²) in [6.07, 6.45) is 3.12. The third-order valence-electron chi connectivity index (χ3n) is 3.09. The molecule has 1 aliphatic rings. The fourth-order valence-corrected chi connectivity index (χ4v) is 2.29. The van der Waals surface area contributed by atoms with Gasteiger partial charge in [-0.05, 0) is 32.1 Å². The molecule has 1 aliphatic carbocycles. The third-order valence-corrected chi connectivity index (χ3v) is 4.59. The molecule has 0 aromatic rings. The van der Waals surface area contributed by atoms with Crippen LogP contribution in [0.4, 0.5) is 0 Å². The second-order valence-corrected chi connectivity index (χ2v) is 6.92. The maximum absolute atomic E-state index is 11.5. The number of aliphatic hydroxyl groups excluding tert-OH is 1. The zero-order chi connectivity index (χ0) is 12.3. The van der Waals surface area contributed by atoms with Crippen molar-refractivity contribution in [1.29, 1.82) is 0 Å². The molecule has 0 spiro atoms. The number of hydrogen-bond acceptors (Lipinski definition) is 4. The first-order valence-electron chi connectivity index (χ1n) is 5.45. The summed E-state index contributed by atoms with van der Waals surface area (Å²) < 4.78 is 22.2. The summed E-state index contributed by atoms with van der Waals surface area (Å²) in [5.41, 5.74) is 0. The molecule has 6 heteroatoms. The van der Waals surface area contributed by atoms with E-state index in [1.807, 2.05) is 0 Å². The lowest BCUT2D eigenvalue weighted by Gasteiger charge is -2.13. The Morgan fingerprint density at radius 1 is 1.50 bits per heavy atom. The molecule has 16 heavy (non-hydrogen) atoms. The van der Waals surface area contributed by atoms with Gasteiger partial charge in [0.05, 0.1) is 6.10 Å². The molecule has 5 nitrogen and oxygen atoms in total. The van der Waals surface area contributed by atoms with E-state index < -0.39 is 21.0 Å². The molecule has 3 atom stereocenters. The normalized spacial score (nSPS) is 27.7. The Labute approximate surface area is 96.1 Å². The standard InChI is InChI=1S/C10H19NO4S/c1-7(16(2,14)15)10(13)11-6-8-3-4-9(12)5-8/h7-9,12H,3-6H2,1-2H3,(H,11,13). The molecule has 1 fully saturated rings. The number of carbonyl (C=O) groups excluding carboxylic acids is 1. The summed E-state index contributed by atoms with van der Waals surface area (Å²) in [4.78, 5) is 11.5. The molecule has 0 heterocycles. The summed E-state index contributed by atoms with van der Waals surface area (Å²) in [5, 5.41) is 10.9. The highest BCUT2D eigenvalue weighted by atomic mass is 32.2. The van der Waals surface area contributed by atoms with Crippen LogP contribution in [0.15, 0.2) is 0 Å². The quantitative estimate of drug-likeness (QED) is 0.716. The first-order valence-corrected chi connectivity index (χ1v) is 7.40. The highest BCUT2D eigenvalue weighted by Gasteiger charge is 2.26. The lowest BCUT2D eigenvalue weighted by molar-refractivity contribution is -0.120. The van der Waals surface area contributed by atoms with Crippen molar-refractivity contribution >= 4 is 15.7 Å². The molecule has 1 rings (SSSR count). The predicted molar refractivity (Wildman–Crippen MR) is 60.7 cm³/mol. The van der Waals surface area contributed by atoms with Gasteiger partial charge in [0, 0.05) is 12.8 Å². The molecule has 1 saturated carbocycles. The SMILES string of the molecule is CC(C(=O)NCC1CCC(O)C1)S(C)(=O)=O. The number of aliphatic hydroxyl groups is 1. The molecule has 0 aromatic heterocycles. The van der Waals surface area contributed by atoms with Crippen LogP contribution < -0.4 is 5.32 Å². The lowest BCUT2D eigenvalue weighted by Crippen LogP contribution is -2.39. The van der Waals surface area contributed by atoms with Gasteiger partial charge in [-0.3, -0.25) is 4.79 Å².